The highest BCUT2D eigenvalue weighted by atomic mass is 32.2. The standard InChI is InChI=1S/C15H25NO2S/c1-5-19(17,18)10-6-9-15(4,16)14-11-12(2)7-8-13(14)3/h7-8,11H,5-6,9-10,16H2,1-4H3. The quantitative estimate of drug-likeness (QED) is 0.873. The summed E-state index contributed by atoms with van der Waals surface area (Å²) < 4.78 is 23.0. The first-order chi connectivity index (χ1) is 8.68. The molecule has 19 heavy (non-hydrogen) atoms. The molecule has 0 fully saturated rings. The molecule has 0 heterocycles. The predicted molar refractivity (Wildman–Crippen MR) is 81.0 cm³/mol. The molecule has 1 rings (SSSR count). The zero-order chi connectivity index (χ0) is 14.7. The highest BCUT2D eigenvalue weighted by Crippen LogP contribution is 2.27. The molecule has 4 heteroatoms. The lowest BCUT2D eigenvalue weighted by molar-refractivity contribution is 0.443. The topological polar surface area (TPSA) is 60.2 Å². The number of nitrogens with two attached hydrogens (primary N) is 1. The van der Waals surface area contributed by atoms with E-state index in [0.29, 0.717) is 12.8 Å². The van der Waals surface area contributed by atoms with Crippen LogP contribution in [0.5, 0.6) is 0 Å². The average molecular weight is 283 g/mol. The molecular weight excluding hydrogens is 258 g/mol. The number of benzene rings is 1. The summed E-state index contributed by atoms with van der Waals surface area (Å²) in [5.41, 5.74) is 9.36. The van der Waals surface area contributed by atoms with Gasteiger partial charge in [0.25, 0.3) is 0 Å². The Labute approximate surface area is 117 Å². The van der Waals surface area contributed by atoms with Crippen molar-refractivity contribution in [2.24, 2.45) is 5.73 Å². The molecule has 108 valence electrons. The van der Waals surface area contributed by atoms with E-state index in [-0.39, 0.29) is 11.5 Å². The zero-order valence-electron chi connectivity index (χ0n) is 12.4. The molecule has 1 aromatic rings. The molecule has 0 amide bonds. The fourth-order valence-electron chi connectivity index (χ4n) is 2.29. The lowest BCUT2D eigenvalue weighted by atomic mass is 9.85. The molecule has 0 saturated heterocycles. The van der Waals surface area contributed by atoms with Gasteiger partial charge in [-0.2, -0.15) is 0 Å². The second-order valence-electron chi connectivity index (χ2n) is 5.58. The smallest absolute Gasteiger partial charge is 0.150 e. The Morgan fingerprint density at radius 3 is 2.47 bits per heavy atom. The summed E-state index contributed by atoms with van der Waals surface area (Å²) in [6.07, 6.45) is 1.28. The number of rotatable bonds is 6. The van der Waals surface area contributed by atoms with Crippen molar-refractivity contribution in [2.75, 3.05) is 11.5 Å². The molecule has 1 aromatic carbocycles. The van der Waals surface area contributed by atoms with Crippen molar-refractivity contribution in [1.82, 2.24) is 0 Å². The van der Waals surface area contributed by atoms with Crippen molar-refractivity contribution in [3.05, 3.63) is 34.9 Å². The fraction of sp³-hybridized carbons (Fsp3) is 0.600. The van der Waals surface area contributed by atoms with Gasteiger partial charge >= 0.3 is 0 Å². The van der Waals surface area contributed by atoms with Crippen molar-refractivity contribution in [1.29, 1.82) is 0 Å². The summed E-state index contributed by atoms with van der Waals surface area (Å²) in [4.78, 5) is 0. The molecule has 0 radical (unpaired) electrons. The fourth-order valence-corrected chi connectivity index (χ4v) is 3.16. The van der Waals surface area contributed by atoms with E-state index >= 15 is 0 Å². The maximum Gasteiger partial charge on any atom is 0.150 e. The second kappa shape index (κ2) is 6.06. The van der Waals surface area contributed by atoms with Crippen LogP contribution in [0.4, 0.5) is 0 Å². The van der Waals surface area contributed by atoms with Crippen molar-refractivity contribution in [3.8, 4) is 0 Å². The van der Waals surface area contributed by atoms with E-state index in [1.807, 2.05) is 20.8 Å². The number of hydrogen-bond donors (Lipinski definition) is 1. The highest BCUT2D eigenvalue weighted by molar-refractivity contribution is 7.91. The Balaban J connectivity index is 2.78. The Kier molecular flexibility index (Phi) is 5.16. The van der Waals surface area contributed by atoms with Gasteiger partial charge in [-0.05, 0) is 44.7 Å². The minimum absolute atomic E-state index is 0.206. The van der Waals surface area contributed by atoms with E-state index in [0.717, 1.165) is 11.1 Å². The third-order valence-corrected chi connectivity index (χ3v) is 5.39. The molecule has 3 nitrogen and oxygen atoms in total. The van der Waals surface area contributed by atoms with Gasteiger partial charge in [-0.1, -0.05) is 30.7 Å². The first kappa shape index (κ1) is 16.2. The number of aryl methyl sites for hydroxylation is 2. The van der Waals surface area contributed by atoms with Gasteiger partial charge in [0.1, 0.15) is 9.84 Å². The Morgan fingerprint density at radius 2 is 1.89 bits per heavy atom. The van der Waals surface area contributed by atoms with Crippen molar-refractivity contribution in [2.45, 2.75) is 46.1 Å². The summed E-state index contributed by atoms with van der Waals surface area (Å²) in [7, 11) is -2.90. The molecule has 0 spiro atoms. The van der Waals surface area contributed by atoms with Crippen molar-refractivity contribution in [3.63, 3.8) is 0 Å². The van der Waals surface area contributed by atoms with Crippen LogP contribution < -0.4 is 5.73 Å². The van der Waals surface area contributed by atoms with E-state index in [1.54, 1.807) is 6.92 Å². The van der Waals surface area contributed by atoms with E-state index in [2.05, 4.69) is 18.2 Å². The van der Waals surface area contributed by atoms with Crippen LogP contribution in [0.25, 0.3) is 0 Å². The molecule has 2 N–H and O–H groups in total. The normalized spacial score (nSPS) is 15.2. The van der Waals surface area contributed by atoms with E-state index in [1.165, 1.54) is 5.56 Å². The van der Waals surface area contributed by atoms with E-state index < -0.39 is 15.4 Å². The lowest BCUT2D eigenvalue weighted by Gasteiger charge is -2.27. The van der Waals surface area contributed by atoms with Gasteiger partial charge in [0.05, 0.1) is 5.75 Å². The van der Waals surface area contributed by atoms with Crippen molar-refractivity contribution >= 4 is 9.84 Å². The number of sulfone groups is 1. The third-order valence-electron chi connectivity index (χ3n) is 3.60. The van der Waals surface area contributed by atoms with Crippen LogP contribution in [0.2, 0.25) is 0 Å². The summed E-state index contributed by atoms with van der Waals surface area (Å²) in [6, 6.07) is 6.23. The van der Waals surface area contributed by atoms with Gasteiger partial charge in [-0.3, -0.25) is 0 Å². The second-order valence-corrected chi connectivity index (χ2v) is 8.05. The van der Waals surface area contributed by atoms with Crippen LogP contribution in [0.15, 0.2) is 18.2 Å². The van der Waals surface area contributed by atoms with Gasteiger partial charge in [-0.25, -0.2) is 8.42 Å². The van der Waals surface area contributed by atoms with Crippen molar-refractivity contribution < 1.29 is 8.42 Å². The van der Waals surface area contributed by atoms with Gasteiger partial charge in [0.2, 0.25) is 0 Å². The molecule has 0 aliphatic heterocycles. The Hall–Kier alpha value is -0.870. The Bertz CT molecular complexity index is 533. The zero-order valence-corrected chi connectivity index (χ0v) is 13.2. The minimum atomic E-state index is -2.90. The van der Waals surface area contributed by atoms with Crippen LogP contribution in [0.3, 0.4) is 0 Å². The summed E-state index contributed by atoms with van der Waals surface area (Å²) >= 11 is 0. The lowest BCUT2D eigenvalue weighted by Crippen LogP contribution is -2.34. The predicted octanol–water partition coefficient (Wildman–Crippen LogP) is 2.69. The largest absolute Gasteiger partial charge is 0.322 e. The maximum absolute atomic E-state index is 11.5. The third kappa shape index (κ3) is 4.62. The molecule has 0 bridgehead atoms. The molecule has 1 unspecified atom stereocenters. The molecule has 0 aromatic heterocycles. The van der Waals surface area contributed by atoms with Crippen LogP contribution in [0.1, 0.15) is 43.4 Å². The Morgan fingerprint density at radius 1 is 1.26 bits per heavy atom. The molecule has 0 saturated carbocycles. The first-order valence-electron chi connectivity index (χ1n) is 6.75. The van der Waals surface area contributed by atoms with Gasteiger partial charge < -0.3 is 5.73 Å². The van der Waals surface area contributed by atoms with Crippen LogP contribution in [-0.2, 0) is 15.4 Å². The molecular formula is C15H25NO2S. The molecule has 0 aliphatic carbocycles. The summed E-state index contributed by atoms with van der Waals surface area (Å²) in [5, 5.41) is 0. The van der Waals surface area contributed by atoms with Gasteiger partial charge in [-0.15, -0.1) is 0 Å². The average Bonchev–Trinajstić information content (AvgIpc) is 2.31. The highest BCUT2D eigenvalue weighted by Gasteiger charge is 2.23. The SMILES string of the molecule is CCS(=O)(=O)CCCC(C)(N)c1cc(C)ccc1C. The number of hydrogen-bond acceptors (Lipinski definition) is 3. The van der Waals surface area contributed by atoms with Crippen LogP contribution in [-0.4, -0.2) is 19.9 Å². The van der Waals surface area contributed by atoms with Crippen LogP contribution in [0, 0.1) is 13.8 Å². The maximum atomic E-state index is 11.5. The molecule has 0 aliphatic rings. The minimum Gasteiger partial charge on any atom is -0.322 e. The van der Waals surface area contributed by atoms with E-state index in [9.17, 15) is 8.42 Å². The monoisotopic (exact) mass is 283 g/mol. The van der Waals surface area contributed by atoms with E-state index in [4.69, 9.17) is 5.73 Å². The summed E-state index contributed by atoms with van der Waals surface area (Å²) in [6.45, 7) is 7.75. The molecule has 1 atom stereocenters. The van der Waals surface area contributed by atoms with Gasteiger partial charge in [0, 0.05) is 11.3 Å². The first-order valence-corrected chi connectivity index (χ1v) is 8.57. The van der Waals surface area contributed by atoms with Crippen LogP contribution >= 0.6 is 0 Å². The summed E-state index contributed by atoms with van der Waals surface area (Å²) in [5.74, 6) is 0.429. The van der Waals surface area contributed by atoms with Gasteiger partial charge in [0.15, 0.2) is 0 Å².